The van der Waals surface area contributed by atoms with Crippen molar-refractivity contribution in [1.29, 1.82) is 0 Å². The molecule has 2 aromatic carbocycles. The summed E-state index contributed by atoms with van der Waals surface area (Å²) in [7, 11) is -2.32. The first-order valence-electron chi connectivity index (χ1n) is 11.6. The number of benzene rings is 2. The number of hydrogen-bond donors (Lipinski definition) is 1. The standard InChI is InChI=1S/C24H30N6O4S/c1-17(2)18-7-9-19(10-8-18)24-26-28-30(27-24)16-23(31)25-20-11-12-21(34-3)22(15-20)35(32,33)29-13-5-4-6-14-29/h7-12,15,17H,4-6,13-14,16H2,1-3H3,(H,25,31). The largest absolute Gasteiger partial charge is 0.495 e. The number of amides is 1. The van der Waals surface area contributed by atoms with E-state index in [1.54, 1.807) is 12.1 Å². The number of nitrogens with zero attached hydrogens (tertiary/aromatic N) is 5. The highest BCUT2D eigenvalue weighted by Crippen LogP contribution is 2.31. The molecule has 10 nitrogen and oxygen atoms in total. The Labute approximate surface area is 205 Å². The van der Waals surface area contributed by atoms with Crippen LogP contribution in [-0.2, 0) is 21.4 Å². The topological polar surface area (TPSA) is 119 Å². The fraction of sp³-hybridized carbons (Fsp3) is 0.417. The van der Waals surface area contributed by atoms with E-state index in [0.29, 0.717) is 30.5 Å². The molecule has 0 spiro atoms. The second-order valence-corrected chi connectivity index (χ2v) is 10.7. The third kappa shape index (κ3) is 5.68. The summed E-state index contributed by atoms with van der Waals surface area (Å²) < 4.78 is 33.1. The van der Waals surface area contributed by atoms with Gasteiger partial charge in [0.05, 0.1) is 7.11 Å². The molecule has 11 heteroatoms. The van der Waals surface area contributed by atoms with Gasteiger partial charge in [-0.3, -0.25) is 4.79 Å². The van der Waals surface area contributed by atoms with Gasteiger partial charge in [0.2, 0.25) is 21.8 Å². The van der Waals surface area contributed by atoms with Crippen molar-refractivity contribution in [3.05, 3.63) is 48.0 Å². The number of carbonyl (C=O) groups is 1. The molecule has 1 N–H and O–H groups in total. The van der Waals surface area contributed by atoms with Gasteiger partial charge in [-0.1, -0.05) is 44.5 Å². The van der Waals surface area contributed by atoms with Crippen LogP contribution in [0.2, 0.25) is 0 Å². The third-order valence-electron chi connectivity index (χ3n) is 5.95. The molecule has 4 rings (SSSR count). The molecule has 0 unspecified atom stereocenters. The molecule has 186 valence electrons. The van der Waals surface area contributed by atoms with E-state index in [1.807, 2.05) is 24.3 Å². The number of aromatic nitrogens is 4. The molecule has 1 aromatic heterocycles. The maximum absolute atomic E-state index is 13.2. The average molecular weight is 499 g/mol. The van der Waals surface area contributed by atoms with Crippen LogP contribution in [0.25, 0.3) is 11.4 Å². The molecule has 35 heavy (non-hydrogen) atoms. The summed E-state index contributed by atoms with van der Waals surface area (Å²) in [6, 6.07) is 12.5. The summed E-state index contributed by atoms with van der Waals surface area (Å²) in [6.45, 7) is 5.02. The number of carbonyl (C=O) groups excluding carboxylic acids is 1. The molecule has 2 heterocycles. The van der Waals surface area contributed by atoms with E-state index >= 15 is 0 Å². The Morgan fingerprint density at radius 1 is 1.09 bits per heavy atom. The lowest BCUT2D eigenvalue weighted by atomic mass is 10.0. The molecule has 1 amide bonds. The number of tetrazole rings is 1. The van der Waals surface area contributed by atoms with Crippen molar-refractivity contribution < 1.29 is 17.9 Å². The Morgan fingerprint density at radius 3 is 2.46 bits per heavy atom. The fourth-order valence-electron chi connectivity index (χ4n) is 3.97. The molecule has 1 aliphatic heterocycles. The van der Waals surface area contributed by atoms with Crippen LogP contribution in [0.5, 0.6) is 5.75 Å². The number of rotatable bonds is 8. The maximum Gasteiger partial charge on any atom is 0.248 e. The fourth-order valence-corrected chi connectivity index (χ4v) is 5.67. The molecular formula is C24H30N6O4S. The maximum atomic E-state index is 13.2. The lowest BCUT2D eigenvalue weighted by Gasteiger charge is -2.26. The summed E-state index contributed by atoms with van der Waals surface area (Å²) in [5.74, 6) is 0.674. The van der Waals surface area contributed by atoms with Gasteiger partial charge in [0.1, 0.15) is 17.2 Å². The van der Waals surface area contributed by atoms with Crippen LogP contribution in [0.15, 0.2) is 47.4 Å². The highest BCUT2D eigenvalue weighted by molar-refractivity contribution is 7.89. The van der Waals surface area contributed by atoms with E-state index in [1.165, 1.54) is 27.8 Å². The number of piperidine rings is 1. The Morgan fingerprint density at radius 2 is 1.80 bits per heavy atom. The Bertz CT molecular complexity index is 1280. The highest BCUT2D eigenvalue weighted by atomic mass is 32.2. The van der Waals surface area contributed by atoms with Crippen molar-refractivity contribution in [2.45, 2.75) is 50.5 Å². The van der Waals surface area contributed by atoms with E-state index in [4.69, 9.17) is 4.74 Å². The first-order chi connectivity index (χ1) is 16.8. The monoisotopic (exact) mass is 498 g/mol. The van der Waals surface area contributed by atoms with E-state index in [2.05, 4.69) is 34.6 Å². The number of sulfonamides is 1. The van der Waals surface area contributed by atoms with Gasteiger partial charge >= 0.3 is 0 Å². The van der Waals surface area contributed by atoms with E-state index < -0.39 is 15.9 Å². The van der Waals surface area contributed by atoms with Crippen LogP contribution in [0.3, 0.4) is 0 Å². The van der Waals surface area contributed by atoms with Crippen molar-refractivity contribution in [1.82, 2.24) is 24.5 Å². The Kier molecular flexibility index (Phi) is 7.46. The predicted octanol–water partition coefficient (Wildman–Crippen LogP) is 3.29. The van der Waals surface area contributed by atoms with Crippen LogP contribution < -0.4 is 10.1 Å². The number of nitrogens with one attached hydrogen (secondary N) is 1. The van der Waals surface area contributed by atoms with Crippen LogP contribution in [0.1, 0.15) is 44.6 Å². The predicted molar refractivity (Wildman–Crippen MR) is 132 cm³/mol. The Balaban J connectivity index is 1.46. The minimum absolute atomic E-state index is 0.0331. The minimum atomic E-state index is -3.74. The van der Waals surface area contributed by atoms with Gasteiger partial charge in [-0.25, -0.2) is 8.42 Å². The number of hydrogen-bond acceptors (Lipinski definition) is 7. The molecule has 1 aliphatic rings. The SMILES string of the molecule is COc1ccc(NC(=O)Cn2nnc(-c3ccc(C(C)C)cc3)n2)cc1S(=O)(=O)N1CCCCC1. The van der Waals surface area contributed by atoms with Crippen molar-refractivity contribution in [2.24, 2.45) is 0 Å². The first-order valence-corrected chi connectivity index (χ1v) is 13.1. The lowest BCUT2D eigenvalue weighted by Crippen LogP contribution is -2.35. The molecule has 0 radical (unpaired) electrons. The molecular weight excluding hydrogens is 468 g/mol. The van der Waals surface area contributed by atoms with E-state index in [0.717, 1.165) is 24.8 Å². The zero-order valence-corrected chi connectivity index (χ0v) is 21.0. The van der Waals surface area contributed by atoms with Gasteiger partial charge in [0, 0.05) is 24.3 Å². The normalized spacial score (nSPS) is 14.7. The lowest BCUT2D eigenvalue weighted by molar-refractivity contribution is -0.117. The van der Waals surface area contributed by atoms with Gasteiger partial charge in [0.25, 0.3) is 0 Å². The molecule has 0 saturated carbocycles. The zero-order valence-electron chi connectivity index (χ0n) is 20.1. The second kappa shape index (κ2) is 10.5. The molecule has 0 aliphatic carbocycles. The summed E-state index contributed by atoms with van der Waals surface area (Å²) in [5, 5.41) is 15.0. The summed E-state index contributed by atoms with van der Waals surface area (Å²) in [6.07, 6.45) is 2.67. The smallest absolute Gasteiger partial charge is 0.248 e. The van der Waals surface area contributed by atoms with Crippen LogP contribution in [0, 0.1) is 0 Å². The first kappa shape index (κ1) is 24.8. The molecule has 1 saturated heterocycles. The molecule has 3 aromatic rings. The van der Waals surface area contributed by atoms with Gasteiger partial charge in [-0.15, -0.1) is 10.2 Å². The van der Waals surface area contributed by atoms with Crippen molar-refractivity contribution >= 4 is 21.6 Å². The van der Waals surface area contributed by atoms with Crippen molar-refractivity contribution in [3.63, 3.8) is 0 Å². The van der Waals surface area contributed by atoms with Crippen LogP contribution >= 0.6 is 0 Å². The van der Waals surface area contributed by atoms with E-state index in [9.17, 15) is 13.2 Å². The molecule has 0 atom stereocenters. The van der Waals surface area contributed by atoms with Gasteiger partial charge < -0.3 is 10.1 Å². The number of anilines is 1. The highest BCUT2D eigenvalue weighted by Gasteiger charge is 2.29. The number of ether oxygens (including phenoxy) is 1. The van der Waals surface area contributed by atoms with Crippen molar-refractivity contribution in [3.8, 4) is 17.1 Å². The minimum Gasteiger partial charge on any atom is -0.495 e. The quantitative estimate of drug-likeness (QED) is 0.506. The summed E-state index contributed by atoms with van der Waals surface area (Å²) in [5.41, 5.74) is 2.36. The van der Waals surface area contributed by atoms with Crippen LogP contribution in [-0.4, -0.2) is 59.0 Å². The summed E-state index contributed by atoms with van der Waals surface area (Å²) >= 11 is 0. The third-order valence-corrected chi connectivity index (χ3v) is 7.87. The summed E-state index contributed by atoms with van der Waals surface area (Å²) in [4.78, 5) is 13.9. The van der Waals surface area contributed by atoms with Crippen LogP contribution in [0.4, 0.5) is 5.69 Å². The Hall–Kier alpha value is -3.31. The zero-order chi connectivity index (χ0) is 25.0. The second-order valence-electron chi connectivity index (χ2n) is 8.80. The van der Waals surface area contributed by atoms with Gasteiger partial charge in [-0.05, 0) is 47.7 Å². The van der Waals surface area contributed by atoms with Gasteiger partial charge in [0.15, 0.2) is 0 Å². The van der Waals surface area contributed by atoms with E-state index in [-0.39, 0.29) is 17.2 Å². The average Bonchev–Trinajstić information content (AvgIpc) is 3.32. The molecule has 1 fully saturated rings. The van der Waals surface area contributed by atoms with Crippen molar-refractivity contribution in [2.75, 3.05) is 25.5 Å². The van der Waals surface area contributed by atoms with Gasteiger partial charge in [-0.2, -0.15) is 9.10 Å². The molecule has 0 bridgehead atoms. The number of methoxy groups -OCH3 is 1.